The number of nitrogens with one attached hydrogen (secondary N) is 1. The Bertz CT molecular complexity index is 1060. The third-order valence-corrected chi connectivity index (χ3v) is 4.89. The van der Waals surface area contributed by atoms with Gasteiger partial charge in [0, 0.05) is 12.1 Å². The SMILES string of the molecule is COc1ccc(Nc2nn3c(Cc4ccc(O)c(Cl)c4)nnc3s2)cc1. The second-order valence-corrected chi connectivity index (χ2v) is 6.90. The lowest BCUT2D eigenvalue weighted by atomic mass is 10.1. The first kappa shape index (κ1) is 16.6. The highest BCUT2D eigenvalue weighted by atomic mass is 35.5. The zero-order chi connectivity index (χ0) is 18.1. The van der Waals surface area contributed by atoms with Gasteiger partial charge in [-0.25, -0.2) is 0 Å². The molecular formula is C17H14ClN5O2S. The minimum absolute atomic E-state index is 0.0569. The molecule has 0 atom stereocenters. The van der Waals surface area contributed by atoms with E-state index in [9.17, 15) is 5.11 Å². The predicted octanol–water partition coefficient (Wildman–Crippen LogP) is 3.89. The summed E-state index contributed by atoms with van der Waals surface area (Å²) in [7, 11) is 1.63. The van der Waals surface area contributed by atoms with Gasteiger partial charge in [0.25, 0.3) is 0 Å². The predicted molar refractivity (Wildman–Crippen MR) is 101 cm³/mol. The van der Waals surface area contributed by atoms with Gasteiger partial charge in [-0.15, -0.1) is 15.3 Å². The number of hydrogen-bond donors (Lipinski definition) is 2. The Morgan fingerprint density at radius 1 is 1.19 bits per heavy atom. The number of aromatic hydroxyl groups is 1. The summed E-state index contributed by atoms with van der Waals surface area (Å²) in [4.78, 5) is 0.695. The summed E-state index contributed by atoms with van der Waals surface area (Å²) >= 11 is 7.37. The van der Waals surface area contributed by atoms with Crippen molar-refractivity contribution in [2.24, 2.45) is 0 Å². The first-order valence-electron chi connectivity index (χ1n) is 7.72. The van der Waals surface area contributed by atoms with Crippen LogP contribution in [0.5, 0.6) is 11.5 Å². The van der Waals surface area contributed by atoms with Crippen LogP contribution in [0.15, 0.2) is 42.5 Å². The van der Waals surface area contributed by atoms with Crippen molar-refractivity contribution >= 4 is 38.7 Å². The highest BCUT2D eigenvalue weighted by Crippen LogP contribution is 2.27. The fraction of sp³-hybridized carbons (Fsp3) is 0.118. The fourth-order valence-electron chi connectivity index (χ4n) is 2.46. The number of benzene rings is 2. The molecule has 0 amide bonds. The first-order chi connectivity index (χ1) is 12.6. The number of aromatic nitrogens is 4. The van der Waals surface area contributed by atoms with Crippen molar-refractivity contribution in [3.05, 3.63) is 58.9 Å². The van der Waals surface area contributed by atoms with Gasteiger partial charge in [0.2, 0.25) is 10.1 Å². The number of anilines is 2. The molecule has 4 rings (SSSR count). The highest BCUT2D eigenvalue weighted by Gasteiger charge is 2.13. The van der Waals surface area contributed by atoms with Crippen LogP contribution in [0.4, 0.5) is 10.8 Å². The topological polar surface area (TPSA) is 84.6 Å². The van der Waals surface area contributed by atoms with Crippen LogP contribution in [0.2, 0.25) is 5.02 Å². The van der Waals surface area contributed by atoms with Crippen LogP contribution in [0, 0.1) is 0 Å². The van der Waals surface area contributed by atoms with Gasteiger partial charge < -0.3 is 15.2 Å². The maximum atomic E-state index is 9.53. The Morgan fingerprint density at radius 3 is 2.73 bits per heavy atom. The first-order valence-corrected chi connectivity index (χ1v) is 8.91. The number of ether oxygens (including phenoxy) is 1. The Hall–Kier alpha value is -2.84. The third kappa shape index (κ3) is 3.29. The van der Waals surface area contributed by atoms with E-state index in [2.05, 4.69) is 20.6 Å². The molecule has 132 valence electrons. The van der Waals surface area contributed by atoms with E-state index >= 15 is 0 Å². The van der Waals surface area contributed by atoms with Gasteiger partial charge in [-0.2, -0.15) is 4.52 Å². The number of halogens is 1. The largest absolute Gasteiger partial charge is 0.506 e. The summed E-state index contributed by atoms with van der Waals surface area (Å²) in [5.74, 6) is 1.55. The van der Waals surface area contributed by atoms with Gasteiger partial charge in [-0.1, -0.05) is 29.0 Å². The van der Waals surface area contributed by atoms with E-state index in [1.807, 2.05) is 24.3 Å². The Morgan fingerprint density at radius 2 is 2.00 bits per heavy atom. The lowest BCUT2D eigenvalue weighted by Crippen LogP contribution is -1.99. The molecule has 0 radical (unpaired) electrons. The van der Waals surface area contributed by atoms with Gasteiger partial charge in [0.15, 0.2) is 5.82 Å². The molecule has 0 unspecified atom stereocenters. The molecule has 2 N–H and O–H groups in total. The lowest BCUT2D eigenvalue weighted by Gasteiger charge is -2.03. The van der Waals surface area contributed by atoms with E-state index in [1.165, 1.54) is 11.3 Å². The van der Waals surface area contributed by atoms with Gasteiger partial charge in [0.05, 0.1) is 12.1 Å². The second kappa shape index (κ2) is 6.81. The standard InChI is InChI=1S/C17H14ClN5O2S/c1-25-12-5-3-11(4-6-12)19-16-22-23-15(20-21-17(23)26-16)9-10-2-7-14(24)13(18)8-10/h2-8,24H,9H2,1H3,(H,19,22). The normalized spacial score (nSPS) is 11.0. The Kier molecular flexibility index (Phi) is 4.36. The number of fused-ring (bicyclic) bond motifs is 1. The van der Waals surface area contributed by atoms with Crippen LogP contribution in [-0.2, 0) is 6.42 Å². The number of methoxy groups -OCH3 is 1. The molecule has 2 aromatic carbocycles. The molecule has 7 nitrogen and oxygen atoms in total. The lowest BCUT2D eigenvalue weighted by molar-refractivity contribution is 0.415. The van der Waals surface area contributed by atoms with E-state index in [0.29, 0.717) is 27.4 Å². The second-order valence-electron chi connectivity index (χ2n) is 5.53. The van der Waals surface area contributed by atoms with Crippen molar-refractivity contribution in [2.45, 2.75) is 6.42 Å². The zero-order valence-corrected chi connectivity index (χ0v) is 15.3. The van der Waals surface area contributed by atoms with Gasteiger partial charge in [0.1, 0.15) is 11.5 Å². The molecule has 4 aromatic rings. The molecule has 0 saturated carbocycles. The Balaban J connectivity index is 1.56. The van der Waals surface area contributed by atoms with Crippen LogP contribution in [0.3, 0.4) is 0 Å². The van der Waals surface area contributed by atoms with Crippen LogP contribution < -0.4 is 10.1 Å². The summed E-state index contributed by atoms with van der Waals surface area (Å²) in [5, 5.41) is 26.7. The molecular weight excluding hydrogens is 374 g/mol. The molecule has 0 aliphatic rings. The number of phenolic OH excluding ortho intramolecular Hbond substituents is 1. The molecule has 0 fully saturated rings. The molecule has 0 spiro atoms. The van der Waals surface area contributed by atoms with Crippen LogP contribution in [0.1, 0.15) is 11.4 Å². The maximum Gasteiger partial charge on any atom is 0.236 e. The summed E-state index contributed by atoms with van der Waals surface area (Å²) in [6.07, 6.45) is 0.507. The molecule has 2 heterocycles. The third-order valence-electron chi connectivity index (χ3n) is 3.77. The highest BCUT2D eigenvalue weighted by molar-refractivity contribution is 7.20. The van der Waals surface area contributed by atoms with Crippen molar-refractivity contribution in [2.75, 3.05) is 12.4 Å². The molecule has 0 bridgehead atoms. The van der Waals surface area contributed by atoms with Crippen molar-refractivity contribution < 1.29 is 9.84 Å². The quantitative estimate of drug-likeness (QED) is 0.540. The van der Waals surface area contributed by atoms with E-state index in [1.54, 1.807) is 29.8 Å². The summed E-state index contributed by atoms with van der Waals surface area (Å²) < 4.78 is 6.86. The van der Waals surface area contributed by atoms with Crippen LogP contribution in [0.25, 0.3) is 4.96 Å². The molecule has 26 heavy (non-hydrogen) atoms. The smallest absolute Gasteiger partial charge is 0.236 e. The maximum absolute atomic E-state index is 9.53. The molecule has 0 saturated heterocycles. The van der Waals surface area contributed by atoms with Crippen molar-refractivity contribution in [1.29, 1.82) is 0 Å². The summed E-state index contributed by atoms with van der Waals surface area (Å²) in [6.45, 7) is 0. The van der Waals surface area contributed by atoms with Gasteiger partial charge in [-0.3, -0.25) is 0 Å². The van der Waals surface area contributed by atoms with Crippen molar-refractivity contribution in [3.8, 4) is 11.5 Å². The van der Waals surface area contributed by atoms with E-state index < -0.39 is 0 Å². The average molecular weight is 388 g/mol. The van der Waals surface area contributed by atoms with Crippen molar-refractivity contribution in [3.63, 3.8) is 0 Å². The molecule has 0 aliphatic carbocycles. The van der Waals surface area contributed by atoms with Gasteiger partial charge >= 0.3 is 0 Å². The summed E-state index contributed by atoms with van der Waals surface area (Å²) in [6, 6.07) is 12.7. The number of phenols is 1. The van der Waals surface area contributed by atoms with Crippen LogP contribution in [-0.4, -0.2) is 32.0 Å². The van der Waals surface area contributed by atoms with E-state index in [4.69, 9.17) is 16.3 Å². The molecule has 9 heteroatoms. The fourth-order valence-corrected chi connectivity index (χ4v) is 3.44. The minimum Gasteiger partial charge on any atom is -0.506 e. The minimum atomic E-state index is 0.0569. The number of nitrogens with zero attached hydrogens (tertiary/aromatic N) is 4. The molecule has 0 aliphatic heterocycles. The molecule has 2 aromatic heterocycles. The average Bonchev–Trinajstić information content (AvgIpc) is 3.20. The van der Waals surface area contributed by atoms with Gasteiger partial charge in [-0.05, 0) is 42.0 Å². The Labute approximate surface area is 157 Å². The van der Waals surface area contributed by atoms with E-state index in [0.717, 1.165) is 17.0 Å². The zero-order valence-electron chi connectivity index (χ0n) is 13.7. The van der Waals surface area contributed by atoms with Crippen molar-refractivity contribution in [1.82, 2.24) is 19.8 Å². The number of hydrogen-bond acceptors (Lipinski definition) is 7. The summed E-state index contributed by atoms with van der Waals surface area (Å²) in [5.41, 5.74) is 1.82. The number of rotatable bonds is 5. The van der Waals surface area contributed by atoms with E-state index in [-0.39, 0.29) is 5.75 Å². The van der Waals surface area contributed by atoms with Crippen LogP contribution >= 0.6 is 22.9 Å². The monoisotopic (exact) mass is 387 g/mol.